The number of benzene rings is 3. The summed E-state index contributed by atoms with van der Waals surface area (Å²) in [6.07, 6.45) is 2.00. The van der Waals surface area contributed by atoms with Gasteiger partial charge in [-0.1, -0.05) is 59.4 Å². The van der Waals surface area contributed by atoms with E-state index in [1.807, 2.05) is 36.6 Å². The highest BCUT2D eigenvalue weighted by molar-refractivity contribution is 7.96. The number of anilines is 1. The Kier molecular flexibility index (Phi) is 6.06. The molecule has 0 bridgehead atoms. The highest BCUT2D eigenvalue weighted by Crippen LogP contribution is 2.34. The van der Waals surface area contributed by atoms with Crippen molar-refractivity contribution in [3.63, 3.8) is 0 Å². The fourth-order valence-corrected chi connectivity index (χ4v) is 4.08. The highest BCUT2D eigenvalue weighted by Gasteiger charge is 2.22. The second-order valence-electron chi connectivity index (χ2n) is 6.73. The summed E-state index contributed by atoms with van der Waals surface area (Å²) in [5, 5.41) is 1.39. The van der Waals surface area contributed by atoms with Crippen LogP contribution in [-0.4, -0.2) is 12.0 Å². The van der Waals surface area contributed by atoms with Crippen LogP contribution >= 0.6 is 35.1 Å². The first-order chi connectivity index (χ1) is 14.5. The second-order valence-corrected chi connectivity index (χ2v) is 8.28. The standard InChI is InChI=1S/C23H18Cl2N2O2S/c1-30-27-12-13-3-2-4-14(9-13)15-5-7-18-20(10-15)29-23(21(18)26)22(28)17-8-6-16(24)11-19(17)25/h2-11,27H,12,26H2,1H3. The number of furan rings is 1. The molecule has 0 unspecified atom stereocenters. The number of ketones is 1. The molecule has 0 amide bonds. The van der Waals surface area contributed by atoms with E-state index >= 15 is 0 Å². The zero-order chi connectivity index (χ0) is 21.3. The van der Waals surface area contributed by atoms with E-state index in [0.717, 1.165) is 17.7 Å². The van der Waals surface area contributed by atoms with E-state index in [9.17, 15) is 4.79 Å². The first-order valence-electron chi connectivity index (χ1n) is 9.15. The van der Waals surface area contributed by atoms with Gasteiger partial charge in [-0.15, -0.1) is 0 Å². The number of hydrogen-bond acceptors (Lipinski definition) is 5. The van der Waals surface area contributed by atoms with Gasteiger partial charge in [-0.2, -0.15) is 0 Å². The summed E-state index contributed by atoms with van der Waals surface area (Å²) in [4.78, 5) is 13.0. The molecule has 7 heteroatoms. The molecule has 0 aliphatic heterocycles. The van der Waals surface area contributed by atoms with Crippen LogP contribution in [0.2, 0.25) is 10.0 Å². The van der Waals surface area contributed by atoms with Crippen LogP contribution in [0.15, 0.2) is 65.1 Å². The summed E-state index contributed by atoms with van der Waals surface area (Å²) >= 11 is 13.7. The Bertz CT molecular complexity index is 1250. The number of carbonyl (C=O) groups excluding carboxylic acids is 1. The summed E-state index contributed by atoms with van der Waals surface area (Å²) in [6, 6.07) is 18.7. The topological polar surface area (TPSA) is 68.3 Å². The molecule has 4 nitrogen and oxygen atoms in total. The molecule has 1 heterocycles. The summed E-state index contributed by atoms with van der Waals surface area (Å²) in [6.45, 7) is 0.769. The lowest BCUT2D eigenvalue weighted by atomic mass is 10.0. The van der Waals surface area contributed by atoms with Gasteiger partial charge in [0.25, 0.3) is 0 Å². The Hall–Kier alpha value is -2.44. The van der Waals surface area contributed by atoms with Gasteiger partial charge in [0.1, 0.15) is 5.58 Å². The predicted octanol–water partition coefficient (Wildman–Crippen LogP) is 6.59. The lowest BCUT2D eigenvalue weighted by molar-refractivity contribution is 0.101. The molecule has 0 aliphatic rings. The Morgan fingerprint density at radius 2 is 1.87 bits per heavy atom. The largest absolute Gasteiger partial charge is 0.450 e. The van der Waals surface area contributed by atoms with Crippen molar-refractivity contribution in [1.82, 2.24) is 4.72 Å². The van der Waals surface area contributed by atoms with E-state index < -0.39 is 0 Å². The summed E-state index contributed by atoms with van der Waals surface area (Å²) in [5.74, 6) is -0.304. The van der Waals surface area contributed by atoms with Crippen molar-refractivity contribution in [3.8, 4) is 11.1 Å². The molecule has 4 rings (SSSR count). The molecule has 0 radical (unpaired) electrons. The number of hydrogen-bond donors (Lipinski definition) is 2. The van der Waals surface area contributed by atoms with Crippen molar-refractivity contribution in [1.29, 1.82) is 0 Å². The van der Waals surface area contributed by atoms with Crippen molar-refractivity contribution in [3.05, 3.63) is 87.6 Å². The van der Waals surface area contributed by atoms with Crippen molar-refractivity contribution in [2.75, 3.05) is 12.0 Å². The van der Waals surface area contributed by atoms with Crippen LogP contribution in [0.5, 0.6) is 0 Å². The normalized spacial score (nSPS) is 11.2. The number of nitrogens with two attached hydrogens (primary N) is 1. The van der Waals surface area contributed by atoms with Crippen LogP contribution in [0.25, 0.3) is 22.1 Å². The molecule has 1 aromatic heterocycles. The molecule has 30 heavy (non-hydrogen) atoms. The minimum absolute atomic E-state index is 0.0734. The maximum Gasteiger partial charge on any atom is 0.231 e. The van der Waals surface area contributed by atoms with Gasteiger partial charge >= 0.3 is 0 Å². The van der Waals surface area contributed by atoms with Crippen LogP contribution in [-0.2, 0) is 6.54 Å². The molecule has 4 aromatic rings. The molecule has 0 spiro atoms. The number of nitrogen functional groups attached to an aromatic ring is 1. The maximum absolute atomic E-state index is 13.0. The Morgan fingerprint density at radius 3 is 2.63 bits per heavy atom. The van der Waals surface area contributed by atoms with Crippen LogP contribution in [0.4, 0.5) is 5.69 Å². The number of carbonyl (C=O) groups is 1. The van der Waals surface area contributed by atoms with Gasteiger partial charge in [0.05, 0.1) is 10.7 Å². The number of rotatable bonds is 6. The van der Waals surface area contributed by atoms with E-state index in [2.05, 4.69) is 16.9 Å². The highest BCUT2D eigenvalue weighted by atomic mass is 35.5. The fourth-order valence-electron chi connectivity index (χ4n) is 3.28. The van der Waals surface area contributed by atoms with Gasteiger partial charge in [0, 0.05) is 22.5 Å². The zero-order valence-corrected chi connectivity index (χ0v) is 18.4. The molecule has 152 valence electrons. The van der Waals surface area contributed by atoms with Gasteiger partial charge in [-0.05, 0) is 59.3 Å². The number of halogens is 2. The van der Waals surface area contributed by atoms with Gasteiger partial charge < -0.3 is 10.2 Å². The molecule has 0 saturated heterocycles. The van der Waals surface area contributed by atoms with Gasteiger partial charge in [-0.3, -0.25) is 9.52 Å². The predicted molar refractivity (Wildman–Crippen MR) is 126 cm³/mol. The third-order valence-electron chi connectivity index (χ3n) is 4.79. The van der Waals surface area contributed by atoms with Gasteiger partial charge in [0.15, 0.2) is 5.76 Å². The average molecular weight is 457 g/mol. The number of fused-ring (bicyclic) bond motifs is 1. The Morgan fingerprint density at radius 1 is 1.07 bits per heavy atom. The van der Waals surface area contributed by atoms with Crippen molar-refractivity contribution in [2.24, 2.45) is 0 Å². The Balaban J connectivity index is 1.72. The molecular formula is C23H18Cl2N2O2S. The van der Waals surface area contributed by atoms with Crippen LogP contribution in [0.3, 0.4) is 0 Å². The van der Waals surface area contributed by atoms with E-state index in [1.165, 1.54) is 11.6 Å². The smallest absolute Gasteiger partial charge is 0.231 e. The lowest BCUT2D eigenvalue weighted by Crippen LogP contribution is -2.03. The fraction of sp³-hybridized carbons (Fsp3) is 0.0870. The SMILES string of the molecule is CSNCc1cccc(-c2ccc3c(N)c(C(=O)c4ccc(Cl)cc4Cl)oc3c2)c1. The summed E-state index contributed by atoms with van der Waals surface area (Å²) in [7, 11) is 0. The molecule has 3 aromatic carbocycles. The molecule has 3 N–H and O–H groups in total. The average Bonchev–Trinajstić information content (AvgIpc) is 3.08. The third kappa shape index (κ3) is 4.07. The van der Waals surface area contributed by atoms with Crippen LogP contribution < -0.4 is 10.5 Å². The molecule has 0 fully saturated rings. The first kappa shape index (κ1) is 20.8. The van der Waals surface area contributed by atoms with E-state index in [0.29, 0.717) is 27.2 Å². The Labute approximate surface area is 188 Å². The van der Waals surface area contributed by atoms with Crippen molar-refractivity contribution in [2.45, 2.75) is 6.54 Å². The number of nitrogens with one attached hydrogen (secondary N) is 1. The third-order valence-corrected chi connectivity index (χ3v) is 5.77. The summed E-state index contributed by atoms with van der Waals surface area (Å²) < 4.78 is 9.12. The molecule has 0 atom stereocenters. The van der Waals surface area contributed by atoms with Gasteiger partial charge in [0.2, 0.25) is 5.78 Å². The summed E-state index contributed by atoms with van der Waals surface area (Å²) in [5.41, 5.74) is 10.6. The minimum Gasteiger partial charge on any atom is -0.450 e. The van der Waals surface area contributed by atoms with E-state index in [-0.39, 0.29) is 16.6 Å². The monoisotopic (exact) mass is 456 g/mol. The van der Waals surface area contributed by atoms with Crippen molar-refractivity contribution < 1.29 is 9.21 Å². The lowest BCUT2D eigenvalue weighted by Gasteiger charge is -2.06. The molecular weight excluding hydrogens is 439 g/mol. The molecule has 0 aliphatic carbocycles. The maximum atomic E-state index is 13.0. The van der Waals surface area contributed by atoms with Crippen LogP contribution in [0.1, 0.15) is 21.7 Å². The quantitative estimate of drug-likeness (QED) is 0.253. The second kappa shape index (κ2) is 8.74. The first-order valence-corrected chi connectivity index (χ1v) is 11.1. The van der Waals surface area contributed by atoms with Crippen LogP contribution in [0, 0.1) is 0 Å². The zero-order valence-electron chi connectivity index (χ0n) is 16.0. The van der Waals surface area contributed by atoms with E-state index in [1.54, 1.807) is 24.1 Å². The molecule has 0 saturated carbocycles. The van der Waals surface area contributed by atoms with Crippen molar-refractivity contribution >= 4 is 57.6 Å². The minimum atomic E-state index is -0.378. The van der Waals surface area contributed by atoms with E-state index in [4.69, 9.17) is 33.4 Å². The van der Waals surface area contributed by atoms with Gasteiger partial charge in [-0.25, -0.2) is 0 Å².